The second kappa shape index (κ2) is 8.73. The molecule has 0 aliphatic rings. The minimum Gasteiger partial charge on any atom is -0.493 e. The van der Waals surface area contributed by atoms with Gasteiger partial charge in [-0.05, 0) is 43.3 Å². The predicted molar refractivity (Wildman–Crippen MR) is 97.3 cm³/mol. The molecule has 0 bridgehead atoms. The Bertz CT molecular complexity index is 726. The van der Waals surface area contributed by atoms with E-state index >= 15 is 0 Å². The van der Waals surface area contributed by atoms with Crippen LogP contribution in [0.2, 0.25) is 0 Å². The van der Waals surface area contributed by atoms with Gasteiger partial charge in [0.1, 0.15) is 11.3 Å². The van der Waals surface area contributed by atoms with Crippen molar-refractivity contribution in [3.05, 3.63) is 54.1 Å². The Morgan fingerprint density at radius 2 is 1.72 bits per heavy atom. The Morgan fingerprint density at radius 1 is 1.04 bits per heavy atom. The first-order chi connectivity index (χ1) is 12.0. The summed E-state index contributed by atoms with van der Waals surface area (Å²) in [6.45, 7) is 1.90. The quantitative estimate of drug-likeness (QED) is 0.784. The van der Waals surface area contributed by atoms with Crippen LogP contribution in [0.4, 0.5) is 11.4 Å². The highest BCUT2D eigenvalue weighted by atomic mass is 16.5. The molecule has 0 radical (unpaired) electrons. The summed E-state index contributed by atoms with van der Waals surface area (Å²) in [7, 11) is 3.88. The fourth-order valence-corrected chi connectivity index (χ4v) is 2.17. The molecule has 25 heavy (non-hydrogen) atoms. The van der Waals surface area contributed by atoms with Crippen molar-refractivity contribution in [2.45, 2.75) is 6.92 Å². The Morgan fingerprint density at radius 3 is 2.36 bits per heavy atom. The summed E-state index contributed by atoms with van der Waals surface area (Å²) in [5.74, 6) is -0.559. The highest BCUT2D eigenvalue weighted by Gasteiger charge is 2.15. The summed E-state index contributed by atoms with van der Waals surface area (Å²) in [5.41, 5.74) is 1.96. The van der Waals surface area contributed by atoms with E-state index in [1.54, 1.807) is 36.4 Å². The van der Waals surface area contributed by atoms with Gasteiger partial charge < -0.3 is 19.7 Å². The van der Waals surface area contributed by atoms with E-state index in [1.165, 1.54) is 0 Å². The molecule has 1 amide bonds. The molecule has 6 heteroatoms. The van der Waals surface area contributed by atoms with Gasteiger partial charge in [0.15, 0.2) is 6.61 Å². The largest absolute Gasteiger partial charge is 0.493 e. The first-order valence-corrected chi connectivity index (χ1v) is 7.97. The van der Waals surface area contributed by atoms with E-state index in [9.17, 15) is 9.59 Å². The van der Waals surface area contributed by atoms with Gasteiger partial charge in [-0.3, -0.25) is 4.79 Å². The van der Waals surface area contributed by atoms with Crippen LogP contribution in [0, 0.1) is 0 Å². The molecule has 0 aromatic heterocycles. The Balaban J connectivity index is 1.90. The van der Waals surface area contributed by atoms with Gasteiger partial charge in [-0.15, -0.1) is 0 Å². The smallest absolute Gasteiger partial charge is 0.342 e. The molecule has 2 aromatic rings. The fourth-order valence-electron chi connectivity index (χ4n) is 2.17. The summed E-state index contributed by atoms with van der Waals surface area (Å²) in [4.78, 5) is 26.0. The van der Waals surface area contributed by atoms with Gasteiger partial charge in [0.2, 0.25) is 0 Å². The number of amides is 1. The molecular formula is C19H22N2O4. The Hall–Kier alpha value is -3.02. The van der Waals surface area contributed by atoms with Crippen molar-refractivity contribution in [1.29, 1.82) is 0 Å². The van der Waals surface area contributed by atoms with E-state index in [-0.39, 0.29) is 6.61 Å². The van der Waals surface area contributed by atoms with Gasteiger partial charge in [0.25, 0.3) is 5.91 Å². The lowest BCUT2D eigenvalue weighted by Gasteiger charge is -2.13. The van der Waals surface area contributed by atoms with Gasteiger partial charge in [-0.2, -0.15) is 0 Å². The van der Waals surface area contributed by atoms with E-state index in [4.69, 9.17) is 9.47 Å². The zero-order chi connectivity index (χ0) is 18.2. The molecule has 2 rings (SSSR count). The minimum atomic E-state index is -0.595. The summed E-state index contributed by atoms with van der Waals surface area (Å²) in [6, 6.07) is 14.1. The highest BCUT2D eigenvalue weighted by molar-refractivity contribution is 5.96. The van der Waals surface area contributed by atoms with Crippen LogP contribution in [-0.4, -0.2) is 39.2 Å². The zero-order valence-corrected chi connectivity index (χ0v) is 14.6. The Kier molecular flexibility index (Phi) is 6.39. The number of para-hydroxylation sites is 1. The van der Waals surface area contributed by atoms with Crippen molar-refractivity contribution >= 4 is 23.3 Å². The fraction of sp³-hybridized carbons (Fsp3) is 0.263. The van der Waals surface area contributed by atoms with Crippen molar-refractivity contribution in [1.82, 2.24) is 0 Å². The van der Waals surface area contributed by atoms with E-state index in [1.807, 2.05) is 38.1 Å². The highest BCUT2D eigenvalue weighted by Crippen LogP contribution is 2.19. The molecule has 0 atom stereocenters. The third-order valence-electron chi connectivity index (χ3n) is 3.41. The second-order valence-electron chi connectivity index (χ2n) is 5.49. The van der Waals surface area contributed by atoms with Gasteiger partial charge in [0, 0.05) is 25.5 Å². The lowest BCUT2D eigenvalue weighted by molar-refractivity contribution is -0.119. The molecule has 0 aliphatic heterocycles. The van der Waals surface area contributed by atoms with Crippen LogP contribution in [0.1, 0.15) is 17.3 Å². The van der Waals surface area contributed by atoms with Crippen molar-refractivity contribution in [3.63, 3.8) is 0 Å². The minimum absolute atomic E-state index is 0.299. The molecule has 2 aromatic carbocycles. The normalized spacial score (nSPS) is 10.0. The van der Waals surface area contributed by atoms with Crippen LogP contribution in [0.3, 0.4) is 0 Å². The molecule has 0 saturated carbocycles. The number of nitrogens with zero attached hydrogens (tertiary/aromatic N) is 1. The zero-order valence-electron chi connectivity index (χ0n) is 14.6. The second-order valence-corrected chi connectivity index (χ2v) is 5.49. The summed E-state index contributed by atoms with van der Waals surface area (Å²) in [6.07, 6.45) is 0. The number of ether oxygens (including phenoxy) is 2. The average molecular weight is 342 g/mol. The van der Waals surface area contributed by atoms with E-state index in [0.717, 1.165) is 5.69 Å². The Labute approximate surface area is 147 Å². The number of benzene rings is 2. The van der Waals surface area contributed by atoms with Gasteiger partial charge in [-0.25, -0.2) is 4.79 Å². The van der Waals surface area contributed by atoms with Crippen LogP contribution in [0.25, 0.3) is 0 Å². The number of anilines is 2. The third-order valence-corrected chi connectivity index (χ3v) is 3.41. The number of rotatable bonds is 7. The topological polar surface area (TPSA) is 67.9 Å². The molecule has 1 N–H and O–H groups in total. The number of nitrogens with one attached hydrogen (secondary N) is 1. The summed E-state index contributed by atoms with van der Waals surface area (Å²) >= 11 is 0. The lowest BCUT2D eigenvalue weighted by atomic mass is 10.2. The van der Waals surface area contributed by atoms with Gasteiger partial charge >= 0.3 is 5.97 Å². The van der Waals surface area contributed by atoms with Crippen LogP contribution in [0.15, 0.2) is 48.5 Å². The maximum absolute atomic E-state index is 12.1. The molecule has 0 saturated heterocycles. The standard InChI is InChI=1S/C19H22N2O4/c1-4-24-17-8-6-5-7-16(17)19(23)25-13-18(22)20-14-9-11-15(12-10-14)21(2)3/h5-12H,4,13H2,1-3H3,(H,20,22). The summed E-state index contributed by atoms with van der Waals surface area (Å²) < 4.78 is 10.5. The third kappa shape index (κ3) is 5.24. The summed E-state index contributed by atoms with van der Waals surface area (Å²) in [5, 5.41) is 2.69. The van der Waals surface area contributed by atoms with Crippen molar-refractivity contribution in [3.8, 4) is 5.75 Å². The molecule has 6 nitrogen and oxygen atoms in total. The van der Waals surface area contributed by atoms with Crippen LogP contribution in [0.5, 0.6) is 5.75 Å². The van der Waals surface area contributed by atoms with Crippen LogP contribution in [-0.2, 0) is 9.53 Å². The molecule has 0 fully saturated rings. The van der Waals surface area contributed by atoms with Gasteiger partial charge in [-0.1, -0.05) is 12.1 Å². The molecule has 0 spiro atoms. The van der Waals surface area contributed by atoms with Crippen LogP contribution < -0.4 is 15.0 Å². The van der Waals surface area contributed by atoms with E-state index in [2.05, 4.69) is 5.32 Å². The maximum atomic E-state index is 12.1. The van der Waals surface area contributed by atoms with Crippen molar-refractivity contribution in [2.75, 3.05) is 37.5 Å². The van der Waals surface area contributed by atoms with Crippen LogP contribution >= 0.6 is 0 Å². The van der Waals surface area contributed by atoms with E-state index < -0.39 is 11.9 Å². The lowest BCUT2D eigenvalue weighted by Crippen LogP contribution is -2.21. The molecule has 0 aliphatic carbocycles. The first kappa shape index (κ1) is 18.3. The number of hydrogen-bond donors (Lipinski definition) is 1. The molecule has 0 unspecified atom stereocenters. The van der Waals surface area contributed by atoms with Gasteiger partial charge in [0.05, 0.1) is 6.61 Å². The van der Waals surface area contributed by atoms with Crippen molar-refractivity contribution in [2.24, 2.45) is 0 Å². The molecule has 132 valence electrons. The monoisotopic (exact) mass is 342 g/mol. The number of hydrogen-bond acceptors (Lipinski definition) is 5. The SMILES string of the molecule is CCOc1ccccc1C(=O)OCC(=O)Nc1ccc(N(C)C)cc1. The number of carbonyl (C=O) groups excluding carboxylic acids is 2. The number of carbonyl (C=O) groups is 2. The molecule has 0 heterocycles. The molecular weight excluding hydrogens is 320 g/mol. The number of esters is 1. The first-order valence-electron chi connectivity index (χ1n) is 7.97. The van der Waals surface area contributed by atoms with Crippen molar-refractivity contribution < 1.29 is 19.1 Å². The maximum Gasteiger partial charge on any atom is 0.342 e. The average Bonchev–Trinajstić information content (AvgIpc) is 2.61. The van der Waals surface area contributed by atoms with E-state index in [0.29, 0.717) is 23.6 Å². The predicted octanol–water partition coefficient (Wildman–Crippen LogP) is 2.95.